The van der Waals surface area contributed by atoms with E-state index in [1.54, 1.807) is 4.90 Å². The van der Waals surface area contributed by atoms with Crippen LogP contribution in [0.4, 0.5) is 10.5 Å². The summed E-state index contributed by atoms with van der Waals surface area (Å²) in [6.07, 6.45) is 1.58. The Balaban J connectivity index is 1.69. The zero-order valence-electron chi connectivity index (χ0n) is 13.2. The van der Waals surface area contributed by atoms with Crippen LogP contribution in [0, 0.1) is 0 Å². The Morgan fingerprint density at radius 1 is 1.43 bits per heavy atom. The number of halogens is 1. The van der Waals surface area contributed by atoms with Gasteiger partial charge in [-0.25, -0.2) is 4.79 Å². The summed E-state index contributed by atoms with van der Waals surface area (Å²) >= 11 is 11.3. The Kier molecular flexibility index (Phi) is 7.08. The van der Waals surface area contributed by atoms with Gasteiger partial charge in [0, 0.05) is 36.4 Å². The van der Waals surface area contributed by atoms with E-state index in [9.17, 15) is 4.79 Å². The summed E-state index contributed by atoms with van der Waals surface area (Å²) in [7, 11) is 0. The predicted octanol–water partition coefficient (Wildman–Crippen LogP) is 3.29. The van der Waals surface area contributed by atoms with Crippen LogP contribution >= 0.6 is 23.8 Å². The van der Waals surface area contributed by atoms with Crippen LogP contribution in [0.3, 0.4) is 0 Å². The molecule has 0 aromatic heterocycles. The van der Waals surface area contributed by atoms with Crippen molar-refractivity contribution in [2.24, 2.45) is 0 Å². The molecule has 0 spiro atoms. The summed E-state index contributed by atoms with van der Waals surface area (Å²) in [5.74, 6) is 0. The molecule has 1 amide bonds. The Labute approximate surface area is 147 Å². The number of hydrogen-bond donors (Lipinski definition) is 2. The monoisotopic (exact) mass is 355 g/mol. The molecular formula is C16H22ClN3O2S. The highest BCUT2D eigenvalue weighted by molar-refractivity contribution is 7.80. The standard InChI is InChI=1S/C16H22ClN3O2S/c1-2-22-16(21)20-8-6-13(7-9-20)18-11-15(23)19-14-5-3-4-12(17)10-14/h3-5,10,13,18H,2,6-9,11H2,1H3,(H,19,23). The lowest BCUT2D eigenvalue weighted by Crippen LogP contribution is -2.46. The van der Waals surface area contributed by atoms with Crippen LogP contribution < -0.4 is 10.6 Å². The minimum absolute atomic E-state index is 0.218. The van der Waals surface area contributed by atoms with Crippen molar-refractivity contribution in [3.8, 4) is 0 Å². The fourth-order valence-electron chi connectivity index (χ4n) is 2.49. The lowest BCUT2D eigenvalue weighted by molar-refractivity contribution is 0.0954. The molecule has 5 nitrogen and oxygen atoms in total. The molecule has 2 rings (SSSR count). The number of amides is 1. The van der Waals surface area contributed by atoms with Crippen molar-refractivity contribution in [3.05, 3.63) is 29.3 Å². The summed E-state index contributed by atoms with van der Waals surface area (Å²) in [5.41, 5.74) is 0.890. The zero-order valence-corrected chi connectivity index (χ0v) is 14.8. The molecule has 0 bridgehead atoms. The number of hydrogen-bond acceptors (Lipinski definition) is 4. The molecular weight excluding hydrogens is 334 g/mol. The van der Waals surface area contributed by atoms with Gasteiger partial charge >= 0.3 is 6.09 Å². The highest BCUT2D eigenvalue weighted by Crippen LogP contribution is 2.15. The smallest absolute Gasteiger partial charge is 0.409 e. The zero-order chi connectivity index (χ0) is 16.7. The first-order chi connectivity index (χ1) is 11.1. The van der Waals surface area contributed by atoms with Gasteiger partial charge in [0.1, 0.15) is 0 Å². The molecule has 23 heavy (non-hydrogen) atoms. The van der Waals surface area contributed by atoms with E-state index in [4.69, 9.17) is 28.6 Å². The van der Waals surface area contributed by atoms with Crippen LogP contribution in [0.1, 0.15) is 19.8 Å². The van der Waals surface area contributed by atoms with Gasteiger partial charge < -0.3 is 20.3 Å². The van der Waals surface area contributed by atoms with Gasteiger partial charge in [-0.15, -0.1) is 0 Å². The first-order valence-electron chi connectivity index (χ1n) is 7.79. The van der Waals surface area contributed by atoms with Gasteiger partial charge in [0.25, 0.3) is 0 Å². The Morgan fingerprint density at radius 3 is 2.83 bits per heavy atom. The third-order valence-electron chi connectivity index (χ3n) is 3.68. The van der Waals surface area contributed by atoms with Crippen molar-refractivity contribution >= 4 is 40.6 Å². The second-order valence-corrected chi connectivity index (χ2v) is 6.33. The molecule has 1 aromatic rings. The molecule has 1 aliphatic rings. The summed E-state index contributed by atoms with van der Waals surface area (Å²) in [5, 5.41) is 7.28. The average molecular weight is 356 g/mol. The molecule has 1 saturated heterocycles. The SMILES string of the molecule is CCOC(=O)N1CCC(NCC(=S)Nc2cccc(Cl)c2)CC1. The van der Waals surface area contributed by atoms with Crippen molar-refractivity contribution in [1.29, 1.82) is 0 Å². The molecule has 0 saturated carbocycles. The van der Waals surface area contributed by atoms with E-state index in [1.165, 1.54) is 0 Å². The van der Waals surface area contributed by atoms with Gasteiger partial charge in [0.15, 0.2) is 0 Å². The van der Waals surface area contributed by atoms with Crippen LogP contribution in [0.15, 0.2) is 24.3 Å². The van der Waals surface area contributed by atoms with Gasteiger partial charge in [0.05, 0.1) is 11.6 Å². The number of carbonyl (C=O) groups is 1. The van der Waals surface area contributed by atoms with Gasteiger partial charge in [-0.1, -0.05) is 29.9 Å². The fraction of sp³-hybridized carbons (Fsp3) is 0.500. The molecule has 0 aliphatic carbocycles. The van der Waals surface area contributed by atoms with Gasteiger partial charge in [-0.05, 0) is 38.0 Å². The Bertz CT molecular complexity index is 548. The van der Waals surface area contributed by atoms with Crippen molar-refractivity contribution < 1.29 is 9.53 Å². The number of piperidine rings is 1. The van der Waals surface area contributed by atoms with Crippen LogP contribution in [0.5, 0.6) is 0 Å². The summed E-state index contributed by atoms with van der Waals surface area (Å²) < 4.78 is 5.02. The van der Waals surface area contributed by atoms with E-state index >= 15 is 0 Å². The predicted molar refractivity (Wildman–Crippen MR) is 97.3 cm³/mol. The van der Waals surface area contributed by atoms with E-state index in [1.807, 2.05) is 31.2 Å². The van der Waals surface area contributed by atoms with Crippen molar-refractivity contribution in [3.63, 3.8) is 0 Å². The van der Waals surface area contributed by atoms with E-state index in [0.29, 0.717) is 37.3 Å². The lowest BCUT2D eigenvalue weighted by atomic mass is 10.1. The first kappa shape index (κ1) is 18.0. The van der Waals surface area contributed by atoms with E-state index < -0.39 is 0 Å². The number of ether oxygens (including phenoxy) is 1. The van der Waals surface area contributed by atoms with Crippen LogP contribution in [-0.4, -0.2) is 48.3 Å². The number of rotatable bonds is 5. The molecule has 0 radical (unpaired) electrons. The average Bonchev–Trinajstić information content (AvgIpc) is 2.54. The second-order valence-electron chi connectivity index (χ2n) is 5.40. The number of benzene rings is 1. The molecule has 1 aromatic carbocycles. The minimum Gasteiger partial charge on any atom is -0.450 e. The van der Waals surface area contributed by atoms with Crippen molar-refractivity contribution in [2.75, 3.05) is 31.6 Å². The maximum Gasteiger partial charge on any atom is 0.409 e. The third kappa shape index (κ3) is 5.97. The Hall–Kier alpha value is -1.37. The summed E-state index contributed by atoms with van der Waals surface area (Å²) in [4.78, 5) is 14.1. The molecule has 1 aliphatic heterocycles. The lowest BCUT2D eigenvalue weighted by Gasteiger charge is -2.31. The van der Waals surface area contributed by atoms with E-state index in [0.717, 1.165) is 23.5 Å². The highest BCUT2D eigenvalue weighted by atomic mass is 35.5. The fourth-order valence-corrected chi connectivity index (χ4v) is 2.88. The molecule has 1 heterocycles. The Morgan fingerprint density at radius 2 is 2.17 bits per heavy atom. The van der Waals surface area contributed by atoms with E-state index in [-0.39, 0.29) is 6.09 Å². The quantitative estimate of drug-likeness (QED) is 0.794. The molecule has 7 heteroatoms. The van der Waals surface area contributed by atoms with Crippen LogP contribution in [-0.2, 0) is 4.74 Å². The molecule has 126 valence electrons. The maximum absolute atomic E-state index is 11.6. The van der Waals surface area contributed by atoms with Crippen LogP contribution in [0.2, 0.25) is 5.02 Å². The molecule has 0 unspecified atom stereocenters. The van der Waals surface area contributed by atoms with Gasteiger partial charge in [0.2, 0.25) is 0 Å². The normalized spacial score (nSPS) is 15.3. The molecule has 1 fully saturated rings. The summed E-state index contributed by atoms with van der Waals surface area (Å²) in [6.45, 7) is 4.27. The molecule has 2 N–H and O–H groups in total. The second kappa shape index (κ2) is 9.05. The largest absolute Gasteiger partial charge is 0.450 e. The molecule has 0 atom stereocenters. The van der Waals surface area contributed by atoms with Crippen LogP contribution in [0.25, 0.3) is 0 Å². The third-order valence-corrected chi connectivity index (χ3v) is 4.16. The number of nitrogens with one attached hydrogen (secondary N) is 2. The maximum atomic E-state index is 11.6. The van der Waals surface area contributed by atoms with E-state index in [2.05, 4.69) is 10.6 Å². The van der Waals surface area contributed by atoms with Gasteiger partial charge in [-0.3, -0.25) is 0 Å². The topological polar surface area (TPSA) is 53.6 Å². The number of anilines is 1. The van der Waals surface area contributed by atoms with Crippen molar-refractivity contribution in [1.82, 2.24) is 10.2 Å². The minimum atomic E-state index is -0.218. The number of likely N-dealkylation sites (tertiary alicyclic amines) is 1. The summed E-state index contributed by atoms with van der Waals surface area (Å²) in [6, 6.07) is 7.83. The number of nitrogens with zero attached hydrogens (tertiary/aromatic N) is 1. The van der Waals surface area contributed by atoms with Gasteiger partial charge in [-0.2, -0.15) is 0 Å². The number of thiocarbonyl (C=S) groups is 1. The van der Waals surface area contributed by atoms with Crippen molar-refractivity contribution in [2.45, 2.75) is 25.8 Å². The highest BCUT2D eigenvalue weighted by Gasteiger charge is 2.23. The number of carbonyl (C=O) groups excluding carboxylic acids is 1. The first-order valence-corrected chi connectivity index (χ1v) is 8.57.